The normalized spacial score (nSPS) is 11.5. The smallest absolute Gasteiger partial charge is 0.189 e. The van der Waals surface area contributed by atoms with Crippen LogP contribution in [0.15, 0.2) is 36.2 Å². The maximum absolute atomic E-state index is 12.4. The lowest BCUT2D eigenvalue weighted by Crippen LogP contribution is -1.95. The molecule has 0 saturated heterocycles. The van der Waals surface area contributed by atoms with Gasteiger partial charge in [-0.15, -0.1) is 0 Å². The summed E-state index contributed by atoms with van der Waals surface area (Å²) in [5.41, 5.74) is 0.321. The molecule has 0 aliphatic carbocycles. The van der Waals surface area contributed by atoms with E-state index < -0.39 is 11.6 Å². The van der Waals surface area contributed by atoms with Gasteiger partial charge in [-0.1, -0.05) is 23.7 Å². The van der Waals surface area contributed by atoms with Crippen molar-refractivity contribution in [1.29, 1.82) is 0 Å². The van der Waals surface area contributed by atoms with Gasteiger partial charge in [-0.25, -0.2) is 4.39 Å². The van der Waals surface area contributed by atoms with Gasteiger partial charge < -0.3 is 0 Å². The zero-order valence-corrected chi connectivity index (χ0v) is 7.81. The summed E-state index contributed by atoms with van der Waals surface area (Å²) in [5.74, 6) is -0.935. The van der Waals surface area contributed by atoms with Gasteiger partial charge in [0.05, 0.1) is 5.02 Å². The molecule has 68 valence electrons. The van der Waals surface area contributed by atoms with Gasteiger partial charge in [-0.3, -0.25) is 4.79 Å². The van der Waals surface area contributed by atoms with E-state index in [0.29, 0.717) is 10.6 Å². The number of carbonyl (C=O) groups excluding carboxylic acids is 1. The highest BCUT2D eigenvalue weighted by atomic mass is 35.5. The van der Waals surface area contributed by atoms with E-state index in [1.165, 1.54) is 6.92 Å². The van der Waals surface area contributed by atoms with Crippen molar-refractivity contribution in [2.45, 2.75) is 6.92 Å². The van der Waals surface area contributed by atoms with E-state index in [0.717, 1.165) is 6.08 Å². The topological polar surface area (TPSA) is 17.1 Å². The molecule has 0 amide bonds. The largest absolute Gasteiger partial charge is 0.289 e. The second-order valence-electron chi connectivity index (χ2n) is 2.58. The molecule has 0 saturated carbocycles. The summed E-state index contributed by atoms with van der Waals surface area (Å²) in [6.45, 7) is 1.22. The Morgan fingerprint density at radius 2 is 2.08 bits per heavy atom. The van der Waals surface area contributed by atoms with Gasteiger partial charge in [0.2, 0.25) is 0 Å². The zero-order chi connectivity index (χ0) is 9.84. The molecular formula is C10H8ClFO. The minimum atomic E-state index is -0.523. The molecule has 1 aromatic carbocycles. The first-order valence-electron chi connectivity index (χ1n) is 3.74. The number of allylic oxidation sites excluding steroid dienone is 2. The Morgan fingerprint density at radius 3 is 2.62 bits per heavy atom. The SMILES string of the molecule is C/C(F)=C\C(=O)c1ccccc1Cl. The van der Waals surface area contributed by atoms with E-state index in [4.69, 9.17) is 11.6 Å². The third kappa shape index (κ3) is 2.67. The molecule has 13 heavy (non-hydrogen) atoms. The maximum Gasteiger partial charge on any atom is 0.189 e. The highest BCUT2D eigenvalue weighted by Gasteiger charge is 2.06. The second kappa shape index (κ2) is 4.19. The van der Waals surface area contributed by atoms with Gasteiger partial charge in [0.25, 0.3) is 0 Å². The Bertz CT molecular complexity index is 354. The van der Waals surface area contributed by atoms with Gasteiger partial charge in [-0.05, 0) is 19.1 Å². The molecule has 1 nitrogen and oxygen atoms in total. The molecule has 1 aromatic rings. The molecule has 3 heteroatoms. The monoisotopic (exact) mass is 198 g/mol. The molecule has 0 radical (unpaired) electrons. The summed E-state index contributed by atoms with van der Waals surface area (Å²) in [6, 6.07) is 6.55. The fourth-order valence-electron chi connectivity index (χ4n) is 0.919. The first-order chi connectivity index (χ1) is 6.11. The second-order valence-corrected chi connectivity index (χ2v) is 2.98. The van der Waals surface area contributed by atoms with E-state index in [1.807, 2.05) is 0 Å². The number of halogens is 2. The van der Waals surface area contributed by atoms with Crippen LogP contribution >= 0.6 is 11.6 Å². The number of ketones is 1. The fourth-order valence-corrected chi connectivity index (χ4v) is 1.15. The molecule has 0 N–H and O–H groups in total. The Hall–Kier alpha value is -1.15. The standard InChI is InChI=1S/C10H8ClFO/c1-7(12)6-10(13)8-4-2-3-5-9(8)11/h2-6H,1H3/b7-6+. The van der Waals surface area contributed by atoms with Gasteiger partial charge >= 0.3 is 0 Å². The molecule has 0 heterocycles. The summed E-state index contributed by atoms with van der Waals surface area (Å²) in [5, 5.41) is 0.338. The maximum atomic E-state index is 12.4. The van der Waals surface area contributed by atoms with Crippen LogP contribution in [0.2, 0.25) is 5.02 Å². The van der Waals surface area contributed by atoms with E-state index >= 15 is 0 Å². The van der Waals surface area contributed by atoms with Crippen molar-refractivity contribution in [3.05, 3.63) is 46.8 Å². The van der Waals surface area contributed by atoms with Crippen molar-refractivity contribution in [1.82, 2.24) is 0 Å². The quantitative estimate of drug-likeness (QED) is 0.526. The number of hydrogen-bond donors (Lipinski definition) is 0. The van der Waals surface area contributed by atoms with Crippen LogP contribution in [0.3, 0.4) is 0 Å². The zero-order valence-electron chi connectivity index (χ0n) is 7.05. The predicted molar refractivity (Wildman–Crippen MR) is 50.6 cm³/mol. The number of hydrogen-bond acceptors (Lipinski definition) is 1. The lowest BCUT2D eigenvalue weighted by molar-refractivity contribution is 0.104. The molecule has 0 bridgehead atoms. The van der Waals surface area contributed by atoms with Crippen LogP contribution in [0.1, 0.15) is 17.3 Å². The van der Waals surface area contributed by atoms with Gasteiger partial charge in [0, 0.05) is 11.6 Å². The Morgan fingerprint density at radius 1 is 1.46 bits per heavy atom. The van der Waals surface area contributed by atoms with E-state index in [1.54, 1.807) is 24.3 Å². The third-order valence-electron chi connectivity index (χ3n) is 1.47. The van der Waals surface area contributed by atoms with Crippen molar-refractivity contribution in [2.75, 3.05) is 0 Å². The average Bonchev–Trinajstić information content (AvgIpc) is 2.03. The first kappa shape index (κ1) is 9.93. The minimum Gasteiger partial charge on any atom is -0.289 e. The summed E-state index contributed by atoms with van der Waals surface area (Å²) in [7, 11) is 0. The Labute approximate surface area is 80.8 Å². The van der Waals surface area contributed by atoms with Crippen LogP contribution in [0.5, 0.6) is 0 Å². The highest BCUT2D eigenvalue weighted by molar-refractivity contribution is 6.34. The molecule has 0 spiro atoms. The van der Waals surface area contributed by atoms with Crippen molar-refractivity contribution >= 4 is 17.4 Å². The molecule has 0 aliphatic heterocycles. The lowest BCUT2D eigenvalue weighted by Gasteiger charge is -1.97. The Kier molecular flexibility index (Phi) is 3.20. The van der Waals surface area contributed by atoms with Crippen LogP contribution < -0.4 is 0 Å². The van der Waals surface area contributed by atoms with Gasteiger partial charge in [0.1, 0.15) is 5.83 Å². The van der Waals surface area contributed by atoms with Crippen molar-refractivity contribution < 1.29 is 9.18 Å². The summed E-state index contributed by atoms with van der Waals surface area (Å²) >= 11 is 5.73. The first-order valence-corrected chi connectivity index (χ1v) is 4.11. The Balaban J connectivity index is 3.03. The predicted octanol–water partition coefficient (Wildman–Crippen LogP) is 3.40. The molecular weight excluding hydrogens is 191 g/mol. The van der Waals surface area contributed by atoms with Crippen LogP contribution in [0.25, 0.3) is 0 Å². The molecule has 0 unspecified atom stereocenters. The average molecular weight is 199 g/mol. The molecule has 0 atom stereocenters. The summed E-state index contributed by atoms with van der Waals surface area (Å²) < 4.78 is 12.4. The number of carbonyl (C=O) groups is 1. The molecule has 1 rings (SSSR count). The third-order valence-corrected chi connectivity index (χ3v) is 1.80. The molecule has 0 aromatic heterocycles. The number of rotatable bonds is 2. The van der Waals surface area contributed by atoms with Gasteiger partial charge in [-0.2, -0.15) is 0 Å². The van der Waals surface area contributed by atoms with Crippen molar-refractivity contribution in [2.24, 2.45) is 0 Å². The van der Waals surface area contributed by atoms with E-state index in [9.17, 15) is 9.18 Å². The summed E-state index contributed by atoms with van der Waals surface area (Å²) in [4.78, 5) is 11.3. The van der Waals surface area contributed by atoms with Crippen LogP contribution in [-0.2, 0) is 0 Å². The minimum absolute atomic E-state index is 0.321. The summed E-state index contributed by atoms with van der Waals surface area (Å²) in [6.07, 6.45) is 0.918. The molecule has 0 aliphatic rings. The van der Waals surface area contributed by atoms with E-state index in [-0.39, 0.29) is 0 Å². The number of benzene rings is 1. The van der Waals surface area contributed by atoms with Gasteiger partial charge in [0.15, 0.2) is 5.78 Å². The van der Waals surface area contributed by atoms with Crippen LogP contribution in [0, 0.1) is 0 Å². The fraction of sp³-hybridized carbons (Fsp3) is 0.100. The van der Waals surface area contributed by atoms with Crippen LogP contribution in [0.4, 0.5) is 4.39 Å². The lowest BCUT2D eigenvalue weighted by atomic mass is 10.1. The highest BCUT2D eigenvalue weighted by Crippen LogP contribution is 2.16. The molecule has 0 fully saturated rings. The van der Waals surface area contributed by atoms with E-state index in [2.05, 4.69) is 0 Å². The van der Waals surface area contributed by atoms with Crippen LogP contribution in [-0.4, -0.2) is 5.78 Å². The van der Waals surface area contributed by atoms with Crippen molar-refractivity contribution in [3.63, 3.8) is 0 Å². The van der Waals surface area contributed by atoms with Crippen molar-refractivity contribution in [3.8, 4) is 0 Å².